The molecule has 6 heteroatoms. The SMILES string of the molecule is CC1CCN(c2ccccc2NC(=S)NC(=O)/C=C/c2ccc(-c3ccccc3)o2)CC1. The third-order valence-electron chi connectivity index (χ3n) is 5.60. The summed E-state index contributed by atoms with van der Waals surface area (Å²) in [6, 6.07) is 21.6. The highest BCUT2D eigenvalue weighted by Crippen LogP contribution is 2.29. The number of rotatable bonds is 5. The number of para-hydroxylation sites is 2. The minimum Gasteiger partial charge on any atom is -0.457 e. The van der Waals surface area contributed by atoms with Gasteiger partial charge in [-0.15, -0.1) is 0 Å². The maximum Gasteiger partial charge on any atom is 0.250 e. The number of hydrogen-bond donors (Lipinski definition) is 2. The summed E-state index contributed by atoms with van der Waals surface area (Å²) in [5, 5.41) is 6.15. The van der Waals surface area contributed by atoms with E-state index in [-0.39, 0.29) is 11.0 Å². The van der Waals surface area contributed by atoms with Gasteiger partial charge in [-0.2, -0.15) is 0 Å². The van der Waals surface area contributed by atoms with E-state index in [1.807, 2.05) is 60.7 Å². The summed E-state index contributed by atoms with van der Waals surface area (Å²) in [7, 11) is 0. The summed E-state index contributed by atoms with van der Waals surface area (Å²) in [4.78, 5) is 14.7. The predicted octanol–water partition coefficient (Wildman–Crippen LogP) is 5.71. The zero-order valence-electron chi connectivity index (χ0n) is 18.1. The highest BCUT2D eigenvalue weighted by molar-refractivity contribution is 7.80. The lowest BCUT2D eigenvalue weighted by Crippen LogP contribution is -2.35. The van der Waals surface area contributed by atoms with Gasteiger partial charge in [-0.05, 0) is 61.3 Å². The van der Waals surface area contributed by atoms with Gasteiger partial charge in [-0.25, -0.2) is 0 Å². The Morgan fingerprint density at radius 3 is 2.53 bits per heavy atom. The average Bonchev–Trinajstić information content (AvgIpc) is 3.28. The molecular weight excluding hydrogens is 418 g/mol. The van der Waals surface area contributed by atoms with Crippen molar-refractivity contribution < 1.29 is 9.21 Å². The van der Waals surface area contributed by atoms with Crippen LogP contribution < -0.4 is 15.5 Å². The second kappa shape index (κ2) is 10.3. The number of anilines is 2. The van der Waals surface area contributed by atoms with Crippen LogP contribution >= 0.6 is 12.2 Å². The van der Waals surface area contributed by atoms with E-state index in [4.69, 9.17) is 16.6 Å². The van der Waals surface area contributed by atoms with Gasteiger partial charge >= 0.3 is 0 Å². The second-order valence-corrected chi connectivity index (χ2v) is 8.44. The topological polar surface area (TPSA) is 57.5 Å². The number of nitrogens with zero attached hydrogens (tertiary/aromatic N) is 1. The monoisotopic (exact) mass is 445 g/mol. The van der Waals surface area contributed by atoms with Gasteiger partial charge in [-0.3, -0.25) is 10.1 Å². The van der Waals surface area contributed by atoms with Crippen LogP contribution in [-0.2, 0) is 4.79 Å². The van der Waals surface area contributed by atoms with E-state index in [2.05, 4.69) is 28.5 Å². The molecule has 1 fully saturated rings. The summed E-state index contributed by atoms with van der Waals surface area (Å²) in [6.45, 7) is 4.34. The number of carbonyl (C=O) groups is 1. The molecule has 164 valence electrons. The predicted molar refractivity (Wildman–Crippen MR) is 135 cm³/mol. The average molecular weight is 446 g/mol. The minimum absolute atomic E-state index is 0.266. The van der Waals surface area contributed by atoms with Crippen LogP contribution in [0, 0.1) is 5.92 Å². The third-order valence-corrected chi connectivity index (χ3v) is 5.80. The van der Waals surface area contributed by atoms with Gasteiger partial charge in [0.05, 0.1) is 11.4 Å². The fourth-order valence-corrected chi connectivity index (χ4v) is 3.98. The molecule has 0 aliphatic carbocycles. The summed E-state index contributed by atoms with van der Waals surface area (Å²) in [5.41, 5.74) is 2.99. The summed E-state index contributed by atoms with van der Waals surface area (Å²) >= 11 is 5.37. The highest BCUT2D eigenvalue weighted by Gasteiger charge is 2.18. The lowest BCUT2D eigenvalue weighted by molar-refractivity contribution is -0.115. The smallest absolute Gasteiger partial charge is 0.250 e. The van der Waals surface area contributed by atoms with Crippen LogP contribution in [0.4, 0.5) is 11.4 Å². The lowest BCUT2D eigenvalue weighted by Gasteiger charge is -2.33. The molecule has 1 aromatic heterocycles. The molecule has 1 saturated heterocycles. The molecule has 1 aliphatic rings. The van der Waals surface area contributed by atoms with Crippen molar-refractivity contribution in [1.82, 2.24) is 5.32 Å². The summed E-state index contributed by atoms with van der Waals surface area (Å²) in [6.07, 6.45) is 5.41. The number of nitrogens with one attached hydrogen (secondary N) is 2. The van der Waals surface area contributed by atoms with Crippen molar-refractivity contribution >= 4 is 40.7 Å². The molecule has 0 radical (unpaired) electrons. The molecule has 0 spiro atoms. The van der Waals surface area contributed by atoms with Crippen molar-refractivity contribution in [2.24, 2.45) is 5.92 Å². The van der Waals surface area contributed by atoms with Crippen molar-refractivity contribution in [3.05, 3.63) is 78.6 Å². The Hall–Kier alpha value is -3.38. The largest absolute Gasteiger partial charge is 0.457 e. The van der Waals surface area contributed by atoms with E-state index in [9.17, 15) is 4.79 Å². The van der Waals surface area contributed by atoms with Crippen LogP contribution in [0.3, 0.4) is 0 Å². The lowest BCUT2D eigenvalue weighted by atomic mass is 9.98. The molecule has 2 aromatic carbocycles. The van der Waals surface area contributed by atoms with Crippen molar-refractivity contribution in [2.45, 2.75) is 19.8 Å². The van der Waals surface area contributed by atoms with E-state index in [1.54, 1.807) is 6.08 Å². The highest BCUT2D eigenvalue weighted by atomic mass is 32.1. The molecule has 1 aliphatic heterocycles. The van der Waals surface area contributed by atoms with Crippen molar-refractivity contribution in [3.8, 4) is 11.3 Å². The van der Waals surface area contributed by atoms with E-state index >= 15 is 0 Å². The molecule has 32 heavy (non-hydrogen) atoms. The van der Waals surface area contributed by atoms with E-state index in [0.717, 1.165) is 41.7 Å². The second-order valence-electron chi connectivity index (χ2n) is 8.03. The van der Waals surface area contributed by atoms with Gasteiger partial charge in [-0.1, -0.05) is 49.4 Å². The Morgan fingerprint density at radius 2 is 1.75 bits per heavy atom. The van der Waals surface area contributed by atoms with E-state index in [0.29, 0.717) is 5.76 Å². The molecule has 5 nitrogen and oxygen atoms in total. The van der Waals surface area contributed by atoms with Gasteiger partial charge in [0.25, 0.3) is 0 Å². The molecular formula is C26H27N3O2S. The fourth-order valence-electron chi connectivity index (χ4n) is 3.77. The zero-order valence-corrected chi connectivity index (χ0v) is 18.9. The van der Waals surface area contributed by atoms with Crippen LogP contribution in [-0.4, -0.2) is 24.1 Å². The number of amides is 1. The Bertz CT molecular complexity index is 1100. The van der Waals surface area contributed by atoms with Crippen LogP contribution in [0.25, 0.3) is 17.4 Å². The van der Waals surface area contributed by atoms with Crippen LogP contribution in [0.1, 0.15) is 25.5 Å². The first-order chi connectivity index (χ1) is 15.6. The minimum atomic E-state index is -0.315. The number of thiocarbonyl (C=S) groups is 1. The van der Waals surface area contributed by atoms with Gasteiger partial charge in [0.1, 0.15) is 11.5 Å². The maximum atomic E-state index is 12.3. The third kappa shape index (κ3) is 5.65. The number of carbonyl (C=O) groups excluding carboxylic acids is 1. The van der Waals surface area contributed by atoms with E-state index < -0.39 is 0 Å². The molecule has 2 heterocycles. The zero-order chi connectivity index (χ0) is 22.3. The Kier molecular flexibility index (Phi) is 7.02. The van der Waals surface area contributed by atoms with Gasteiger partial charge < -0.3 is 14.6 Å². The Balaban J connectivity index is 1.34. The number of hydrogen-bond acceptors (Lipinski definition) is 4. The molecule has 0 unspecified atom stereocenters. The van der Waals surface area contributed by atoms with Crippen LogP contribution in [0.15, 0.2) is 77.2 Å². The van der Waals surface area contributed by atoms with Crippen LogP contribution in [0.2, 0.25) is 0 Å². The Labute approximate surface area is 194 Å². The number of furan rings is 1. The first-order valence-corrected chi connectivity index (χ1v) is 11.3. The molecule has 1 amide bonds. The first kappa shape index (κ1) is 21.8. The molecule has 0 saturated carbocycles. The van der Waals surface area contributed by atoms with Gasteiger partial charge in [0.15, 0.2) is 5.11 Å². The van der Waals surface area contributed by atoms with Crippen molar-refractivity contribution in [1.29, 1.82) is 0 Å². The number of benzene rings is 2. The van der Waals surface area contributed by atoms with Crippen molar-refractivity contribution in [2.75, 3.05) is 23.3 Å². The summed E-state index contributed by atoms with van der Waals surface area (Å²) in [5.74, 6) is 1.80. The van der Waals surface area contributed by atoms with Gasteiger partial charge in [0.2, 0.25) is 5.91 Å². The first-order valence-electron chi connectivity index (χ1n) is 10.9. The quantitative estimate of drug-likeness (QED) is 0.389. The standard InChI is InChI=1S/C26H27N3O2S/c1-19-15-17-29(18-16-19)23-10-6-5-9-22(23)27-26(32)28-25(30)14-12-21-11-13-24(31-21)20-7-3-2-4-8-20/h2-14,19H,15-18H2,1H3,(H2,27,28,30,32)/b14-12+. The van der Waals surface area contributed by atoms with Crippen molar-refractivity contribution in [3.63, 3.8) is 0 Å². The normalized spacial score (nSPS) is 14.5. The maximum absolute atomic E-state index is 12.3. The molecule has 4 rings (SSSR count). The molecule has 0 atom stereocenters. The fraction of sp³-hybridized carbons (Fsp3) is 0.231. The molecule has 2 N–H and O–H groups in total. The molecule has 3 aromatic rings. The number of piperidine rings is 1. The van der Waals surface area contributed by atoms with E-state index in [1.165, 1.54) is 18.9 Å². The summed E-state index contributed by atoms with van der Waals surface area (Å²) < 4.78 is 5.79. The Morgan fingerprint density at radius 1 is 1.03 bits per heavy atom. The molecule has 0 bridgehead atoms. The van der Waals surface area contributed by atoms with Gasteiger partial charge in [0, 0.05) is 24.7 Å². The van der Waals surface area contributed by atoms with Crippen LogP contribution in [0.5, 0.6) is 0 Å².